The summed E-state index contributed by atoms with van der Waals surface area (Å²) < 4.78 is 24.2. The Balaban J connectivity index is 1.54. The molecular formula is C19H22N6O3S2. The average molecular weight is 447 g/mol. The molecule has 0 saturated heterocycles. The molecule has 3 N–H and O–H groups in total. The van der Waals surface area contributed by atoms with Gasteiger partial charge in [-0.25, -0.2) is 13.6 Å². The summed E-state index contributed by atoms with van der Waals surface area (Å²) in [6, 6.07) is 14.0. The molecule has 1 unspecified atom stereocenters. The van der Waals surface area contributed by atoms with Gasteiger partial charge in [0.05, 0.1) is 15.8 Å². The Bertz CT molecular complexity index is 1130. The molecule has 0 aliphatic heterocycles. The number of aromatic nitrogens is 4. The Labute approximate surface area is 179 Å². The van der Waals surface area contributed by atoms with Gasteiger partial charge in [-0.15, -0.1) is 5.10 Å². The third kappa shape index (κ3) is 5.65. The second-order valence-electron chi connectivity index (χ2n) is 6.70. The third-order valence-corrected chi connectivity index (χ3v) is 6.27. The number of thioether (sulfide) groups is 1. The molecule has 30 heavy (non-hydrogen) atoms. The molecule has 0 spiro atoms. The van der Waals surface area contributed by atoms with Crippen LogP contribution in [0.1, 0.15) is 18.1 Å². The predicted molar refractivity (Wildman–Crippen MR) is 114 cm³/mol. The summed E-state index contributed by atoms with van der Waals surface area (Å²) in [7, 11) is -3.71. The summed E-state index contributed by atoms with van der Waals surface area (Å²) in [5.41, 5.74) is 2.81. The monoisotopic (exact) mass is 446 g/mol. The van der Waals surface area contributed by atoms with E-state index in [4.69, 9.17) is 5.14 Å². The first-order valence-corrected chi connectivity index (χ1v) is 11.6. The van der Waals surface area contributed by atoms with Crippen molar-refractivity contribution in [2.75, 3.05) is 6.54 Å². The van der Waals surface area contributed by atoms with Gasteiger partial charge in [0, 0.05) is 6.54 Å². The lowest BCUT2D eigenvalue weighted by Gasteiger charge is -2.12. The highest BCUT2D eigenvalue weighted by Gasteiger charge is 2.19. The first-order valence-electron chi connectivity index (χ1n) is 9.15. The maximum absolute atomic E-state index is 12.4. The topological polar surface area (TPSA) is 133 Å². The van der Waals surface area contributed by atoms with Gasteiger partial charge in [0.15, 0.2) is 0 Å². The Hall–Kier alpha value is -2.76. The van der Waals surface area contributed by atoms with Crippen LogP contribution < -0.4 is 10.5 Å². The van der Waals surface area contributed by atoms with Crippen molar-refractivity contribution in [3.8, 4) is 5.69 Å². The van der Waals surface area contributed by atoms with Crippen LogP contribution in [0.5, 0.6) is 0 Å². The molecule has 11 heteroatoms. The summed E-state index contributed by atoms with van der Waals surface area (Å²) in [6.45, 7) is 4.19. The number of tetrazole rings is 1. The van der Waals surface area contributed by atoms with Crippen molar-refractivity contribution >= 4 is 27.7 Å². The van der Waals surface area contributed by atoms with Gasteiger partial charge in [-0.3, -0.25) is 4.79 Å². The Morgan fingerprint density at radius 3 is 2.63 bits per heavy atom. The smallest absolute Gasteiger partial charge is 0.238 e. The van der Waals surface area contributed by atoms with E-state index in [0.29, 0.717) is 18.1 Å². The summed E-state index contributed by atoms with van der Waals surface area (Å²) in [4.78, 5) is 12.5. The van der Waals surface area contributed by atoms with E-state index in [1.807, 2.05) is 31.2 Å². The molecule has 1 amide bonds. The van der Waals surface area contributed by atoms with Crippen LogP contribution in [0.3, 0.4) is 0 Å². The van der Waals surface area contributed by atoms with Gasteiger partial charge < -0.3 is 5.32 Å². The zero-order valence-electron chi connectivity index (χ0n) is 16.5. The number of nitrogens with two attached hydrogens (primary N) is 1. The zero-order chi connectivity index (χ0) is 21.7. The molecule has 0 saturated carbocycles. The van der Waals surface area contributed by atoms with Crippen LogP contribution in [0.2, 0.25) is 0 Å². The van der Waals surface area contributed by atoms with E-state index in [-0.39, 0.29) is 10.8 Å². The molecule has 1 heterocycles. The summed E-state index contributed by atoms with van der Waals surface area (Å²) >= 11 is 1.27. The van der Waals surface area contributed by atoms with Crippen LogP contribution in [0.25, 0.3) is 5.69 Å². The number of benzene rings is 2. The fourth-order valence-electron chi connectivity index (χ4n) is 2.71. The highest BCUT2D eigenvalue weighted by Crippen LogP contribution is 2.23. The van der Waals surface area contributed by atoms with E-state index >= 15 is 0 Å². The standard InChI is InChI=1S/C19H22N6O3S2/c1-13-4-3-5-16(12-13)25-19(22-23-24-25)29-14(2)18(26)21-11-10-15-6-8-17(9-7-15)30(20,27)28/h3-9,12,14H,10-11H2,1-2H3,(H,21,26)(H2,20,27,28). The highest BCUT2D eigenvalue weighted by molar-refractivity contribution is 8.00. The second-order valence-corrected chi connectivity index (χ2v) is 9.57. The van der Waals surface area contributed by atoms with Crippen LogP contribution in [-0.2, 0) is 21.2 Å². The molecule has 3 aromatic rings. The van der Waals surface area contributed by atoms with Crippen LogP contribution in [0.4, 0.5) is 0 Å². The fourth-order valence-corrected chi connectivity index (χ4v) is 4.05. The SMILES string of the molecule is Cc1cccc(-n2nnnc2SC(C)C(=O)NCCc2ccc(S(N)(=O)=O)cc2)c1. The molecule has 3 rings (SSSR count). The predicted octanol–water partition coefficient (Wildman–Crippen LogP) is 1.46. The van der Waals surface area contributed by atoms with Gasteiger partial charge in [-0.05, 0) is 66.1 Å². The molecule has 1 aromatic heterocycles. The van der Waals surface area contributed by atoms with E-state index in [1.165, 1.54) is 23.9 Å². The van der Waals surface area contributed by atoms with Crippen molar-refractivity contribution in [3.05, 3.63) is 59.7 Å². The number of carbonyl (C=O) groups is 1. The molecule has 0 bridgehead atoms. The number of hydrogen-bond donors (Lipinski definition) is 2. The van der Waals surface area contributed by atoms with Gasteiger partial charge in [0.2, 0.25) is 21.1 Å². The number of sulfonamides is 1. The minimum absolute atomic E-state index is 0.0617. The molecule has 1 atom stereocenters. The van der Waals surface area contributed by atoms with Crippen molar-refractivity contribution < 1.29 is 13.2 Å². The van der Waals surface area contributed by atoms with Gasteiger partial charge >= 0.3 is 0 Å². The first-order chi connectivity index (χ1) is 14.2. The molecule has 0 radical (unpaired) electrons. The van der Waals surface area contributed by atoms with Crippen molar-refractivity contribution in [2.24, 2.45) is 5.14 Å². The number of nitrogens with one attached hydrogen (secondary N) is 1. The van der Waals surface area contributed by atoms with E-state index in [1.54, 1.807) is 23.7 Å². The second kappa shape index (κ2) is 9.37. The van der Waals surface area contributed by atoms with Crippen molar-refractivity contribution in [2.45, 2.75) is 35.6 Å². The number of amides is 1. The van der Waals surface area contributed by atoms with Gasteiger partial charge in [0.1, 0.15) is 0 Å². The number of primary sulfonamides is 1. The zero-order valence-corrected chi connectivity index (χ0v) is 18.2. The van der Waals surface area contributed by atoms with Gasteiger partial charge in [-0.1, -0.05) is 36.0 Å². The lowest BCUT2D eigenvalue weighted by Crippen LogP contribution is -2.32. The maximum Gasteiger partial charge on any atom is 0.238 e. The van der Waals surface area contributed by atoms with Crippen LogP contribution in [0.15, 0.2) is 58.6 Å². The van der Waals surface area contributed by atoms with E-state index < -0.39 is 15.3 Å². The molecule has 9 nitrogen and oxygen atoms in total. The lowest BCUT2D eigenvalue weighted by molar-refractivity contribution is -0.120. The van der Waals surface area contributed by atoms with E-state index in [0.717, 1.165) is 16.8 Å². The fraction of sp³-hybridized carbons (Fsp3) is 0.263. The normalized spacial score (nSPS) is 12.5. The minimum Gasteiger partial charge on any atom is -0.355 e. The molecule has 0 aliphatic carbocycles. The van der Waals surface area contributed by atoms with E-state index in [9.17, 15) is 13.2 Å². The summed E-state index contributed by atoms with van der Waals surface area (Å²) in [6.07, 6.45) is 0.565. The number of aryl methyl sites for hydroxylation is 1. The first kappa shape index (κ1) is 21.9. The number of rotatable bonds is 8. The highest BCUT2D eigenvalue weighted by atomic mass is 32.2. The average Bonchev–Trinajstić information content (AvgIpc) is 3.15. The largest absolute Gasteiger partial charge is 0.355 e. The Kier molecular flexibility index (Phi) is 6.85. The van der Waals surface area contributed by atoms with Crippen LogP contribution >= 0.6 is 11.8 Å². The maximum atomic E-state index is 12.4. The molecular weight excluding hydrogens is 424 g/mol. The van der Waals surface area contributed by atoms with Crippen molar-refractivity contribution in [1.82, 2.24) is 25.5 Å². The Morgan fingerprint density at radius 1 is 1.23 bits per heavy atom. The minimum atomic E-state index is -3.71. The molecule has 0 aliphatic rings. The van der Waals surface area contributed by atoms with Crippen LogP contribution in [0, 0.1) is 6.92 Å². The van der Waals surface area contributed by atoms with Crippen molar-refractivity contribution in [3.63, 3.8) is 0 Å². The molecule has 2 aromatic carbocycles. The summed E-state index contributed by atoms with van der Waals surface area (Å²) in [5, 5.41) is 19.9. The number of nitrogens with zero attached hydrogens (tertiary/aromatic N) is 4. The molecule has 0 fully saturated rings. The molecule has 158 valence electrons. The lowest BCUT2D eigenvalue weighted by atomic mass is 10.1. The van der Waals surface area contributed by atoms with E-state index in [2.05, 4.69) is 20.8 Å². The van der Waals surface area contributed by atoms with Crippen LogP contribution in [-0.4, -0.2) is 46.3 Å². The van der Waals surface area contributed by atoms with Gasteiger partial charge in [0.25, 0.3) is 0 Å². The quantitative estimate of drug-likeness (QED) is 0.500. The number of carbonyl (C=O) groups excluding carboxylic acids is 1. The number of hydrogen-bond acceptors (Lipinski definition) is 7. The van der Waals surface area contributed by atoms with Crippen molar-refractivity contribution in [1.29, 1.82) is 0 Å². The third-order valence-electron chi connectivity index (χ3n) is 4.30. The Morgan fingerprint density at radius 2 is 1.97 bits per heavy atom. The van der Waals surface area contributed by atoms with Gasteiger partial charge in [-0.2, -0.15) is 4.68 Å². The summed E-state index contributed by atoms with van der Waals surface area (Å²) in [5.74, 6) is -0.139.